The van der Waals surface area contributed by atoms with E-state index in [1.165, 1.54) is 4.90 Å². The van der Waals surface area contributed by atoms with E-state index >= 15 is 0 Å². The standard InChI is InChI=1S/C25H23NO6/c1-2-30-24(29)25-18-14-9-15-31-23(18)32-21(16-10-5-3-6-11-16)19(25)20(27)22(28)26(25)17-12-7-4-8-13-17/h3-8,10-13,18,23H,2,9,14-15H2,1H3/t18-,23+,25-/m1/s1. The number of ether oxygens (including phenoxy) is 3. The van der Waals surface area contributed by atoms with Crippen LogP contribution in [-0.2, 0) is 28.6 Å². The summed E-state index contributed by atoms with van der Waals surface area (Å²) >= 11 is 0. The molecule has 0 radical (unpaired) electrons. The Hall–Kier alpha value is -3.45. The number of anilines is 1. The summed E-state index contributed by atoms with van der Waals surface area (Å²) < 4.78 is 17.7. The van der Waals surface area contributed by atoms with Gasteiger partial charge in [0.2, 0.25) is 6.29 Å². The molecule has 0 unspecified atom stereocenters. The fraction of sp³-hybridized carbons (Fsp3) is 0.320. The van der Waals surface area contributed by atoms with Gasteiger partial charge in [0.25, 0.3) is 5.78 Å². The third kappa shape index (κ3) is 2.81. The molecule has 164 valence electrons. The van der Waals surface area contributed by atoms with Crippen LogP contribution in [0, 0.1) is 5.92 Å². The molecule has 7 nitrogen and oxygen atoms in total. The van der Waals surface area contributed by atoms with Crippen molar-refractivity contribution in [3.63, 3.8) is 0 Å². The highest BCUT2D eigenvalue weighted by Crippen LogP contribution is 2.53. The summed E-state index contributed by atoms with van der Waals surface area (Å²) in [5.41, 5.74) is -0.588. The fourth-order valence-electron chi connectivity index (χ4n) is 5.02. The molecule has 0 aliphatic carbocycles. The van der Waals surface area contributed by atoms with Gasteiger partial charge in [0.05, 0.1) is 24.7 Å². The number of carbonyl (C=O) groups excluding carboxylic acids is 3. The van der Waals surface area contributed by atoms with Crippen LogP contribution in [0.2, 0.25) is 0 Å². The molecular formula is C25H23NO6. The molecule has 2 saturated heterocycles. The second kappa shape index (κ2) is 7.91. The first-order valence-electron chi connectivity index (χ1n) is 10.8. The highest BCUT2D eigenvalue weighted by Gasteiger charge is 2.70. The van der Waals surface area contributed by atoms with Gasteiger partial charge in [-0.15, -0.1) is 0 Å². The number of rotatable bonds is 4. The number of carbonyl (C=O) groups is 3. The number of ketones is 1. The summed E-state index contributed by atoms with van der Waals surface area (Å²) in [6.45, 7) is 2.28. The van der Waals surface area contributed by atoms with Crippen LogP contribution >= 0.6 is 0 Å². The average Bonchev–Trinajstić information content (AvgIpc) is 3.08. The first-order chi connectivity index (χ1) is 15.6. The van der Waals surface area contributed by atoms with Crippen molar-refractivity contribution in [2.45, 2.75) is 31.6 Å². The van der Waals surface area contributed by atoms with Crippen molar-refractivity contribution >= 4 is 29.1 Å². The molecule has 2 aromatic carbocycles. The van der Waals surface area contributed by atoms with Crippen LogP contribution in [0.4, 0.5) is 5.69 Å². The van der Waals surface area contributed by atoms with E-state index in [9.17, 15) is 14.4 Å². The Bertz CT molecular complexity index is 1100. The molecule has 0 N–H and O–H groups in total. The van der Waals surface area contributed by atoms with Gasteiger partial charge in [-0.2, -0.15) is 0 Å². The van der Waals surface area contributed by atoms with Crippen LogP contribution < -0.4 is 4.90 Å². The van der Waals surface area contributed by atoms with Crippen LogP contribution in [0.1, 0.15) is 25.3 Å². The van der Waals surface area contributed by atoms with E-state index in [2.05, 4.69) is 0 Å². The zero-order valence-corrected chi connectivity index (χ0v) is 17.7. The van der Waals surface area contributed by atoms with Gasteiger partial charge >= 0.3 is 11.9 Å². The van der Waals surface area contributed by atoms with Crippen molar-refractivity contribution in [2.24, 2.45) is 5.92 Å². The molecule has 0 saturated carbocycles. The predicted octanol–water partition coefficient (Wildman–Crippen LogP) is 3.10. The molecule has 2 fully saturated rings. The number of hydrogen-bond donors (Lipinski definition) is 0. The Kier molecular flexibility index (Phi) is 5.06. The first-order valence-corrected chi connectivity index (χ1v) is 10.8. The van der Waals surface area contributed by atoms with Crippen molar-refractivity contribution in [3.05, 3.63) is 71.8 Å². The van der Waals surface area contributed by atoms with Gasteiger partial charge < -0.3 is 14.2 Å². The number of fused-ring (bicyclic) bond motifs is 3. The van der Waals surface area contributed by atoms with E-state index in [1.807, 2.05) is 24.3 Å². The van der Waals surface area contributed by atoms with Crippen molar-refractivity contribution in [1.82, 2.24) is 0 Å². The minimum Gasteiger partial charge on any atom is -0.464 e. The largest absolute Gasteiger partial charge is 0.464 e. The molecule has 32 heavy (non-hydrogen) atoms. The lowest BCUT2D eigenvalue weighted by Gasteiger charge is -2.49. The Morgan fingerprint density at radius 2 is 1.78 bits per heavy atom. The number of hydrogen-bond acceptors (Lipinski definition) is 6. The number of amides is 1. The summed E-state index contributed by atoms with van der Waals surface area (Å²) in [4.78, 5) is 42.1. The normalized spacial score (nSPS) is 27.0. The molecule has 3 atom stereocenters. The SMILES string of the molecule is CCOC(=O)[C@]12C(=C(c3ccccc3)O[C@@H]3OCCC[C@H]31)C(=O)C(=O)N2c1ccccc1. The molecule has 3 heterocycles. The van der Waals surface area contributed by atoms with Gasteiger partial charge in [-0.25, -0.2) is 4.79 Å². The molecule has 1 amide bonds. The zero-order valence-electron chi connectivity index (χ0n) is 17.7. The monoisotopic (exact) mass is 433 g/mol. The topological polar surface area (TPSA) is 82.1 Å². The number of nitrogens with zero attached hydrogens (tertiary/aromatic N) is 1. The Balaban J connectivity index is 1.85. The maximum Gasteiger partial charge on any atom is 0.338 e. The first kappa shape index (κ1) is 20.5. The maximum atomic E-state index is 13.8. The third-order valence-corrected chi connectivity index (χ3v) is 6.26. The summed E-state index contributed by atoms with van der Waals surface area (Å²) in [7, 11) is 0. The minimum atomic E-state index is -1.67. The molecule has 0 aromatic heterocycles. The van der Waals surface area contributed by atoms with E-state index in [0.29, 0.717) is 30.7 Å². The van der Waals surface area contributed by atoms with Crippen molar-refractivity contribution in [3.8, 4) is 0 Å². The van der Waals surface area contributed by atoms with Gasteiger partial charge in [-0.05, 0) is 31.9 Å². The van der Waals surface area contributed by atoms with Crippen LogP contribution in [0.3, 0.4) is 0 Å². The second-order valence-corrected chi connectivity index (χ2v) is 7.97. The number of benzene rings is 2. The Morgan fingerprint density at radius 1 is 1.09 bits per heavy atom. The summed E-state index contributed by atoms with van der Waals surface area (Å²) in [5.74, 6) is -2.57. The van der Waals surface area contributed by atoms with E-state index in [1.54, 1.807) is 43.3 Å². The number of esters is 1. The Morgan fingerprint density at radius 3 is 2.47 bits per heavy atom. The van der Waals surface area contributed by atoms with E-state index in [0.717, 1.165) is 0 Å². The Labute approximate surface area is 185 Å². The lowest BCUT2D eigenvalue weighted by Crippen LogP contribution is -2.64. The summed E-state index contributed by atoms with van der Waals surface area (Å²) in [6, 6.07) is 17.8. The lowest BCUT2D eigenvalue weighted by molar-refractivity contribution is -0.189. The minimum absolute atomic E-state index is 0.0303. The zero-order chi connectivity index (χ0) is 22.3. The number of Topliss-reactive ketones (excluding diaryl/α,β-unsaturated/α-hetero) is 1. The molecule has 2 aromatic rings. The molecule has 0 spiro atoms. The van der Waals surface area contributed by atoms with Crippen LogP contribution in [-0.4, -0.2) is 42.7 Å². The van der Waals surface area contributed by atoms with Gasteiger partial charge in [0.15, 0.2) is 5.54 Å². The average molecular weight is 433 g/mol. The smallest absolute Gasteiger partial charge is 0.338 e. The summed E-state index contributed by atoms with van der Waals surface area (Å²) in [6.07, 6.45) is 0.417. The van der Waals surface area contributed by atoms with Crippen LogP contribution in [0.25, 0.3) is 5.76 Å². The van der Waals surface area contributed by atoms with Gasteiger partial charge in [-0.1, -0.05) is 48.5 Å². The molecular weight excluding hydrogens is 410 g/mol. The van der Waals surface area contributed by atoms with Crippen molar-refractivity contribution in [2.75, 3.05) is 18.1 Å². The quantitative estimate of drug-likeness (QED) is 0.544. The second-order valence-electron chi connectivity index (χ2n) is 7.97. The fourth-order valence-corrected chi connectivity index (χ4v) is 5.02. The molecule has 3 aliphatic heterocycles. The highest BCUT2D eigenvalue weighted by atomic mass is 16.7. The van der Waals surface area contributed by atoms with E-state index in [4.69, 9.17) is 14.2 Å². The van der Waals surface area contributed by atoms with Crippen molar-refractivity contribution < 1.29 is 28.6 Å². The summed E-state index contributed by atoms with van der Waals surface area (Å²) in [5, 5.41) is 0. The number of para-hydroxylation sites is 1. The molecule has 5 rings (SSSR count). The molecule has 7 heteroatoms. The predicted molar refractivity (Wildman–Crippen MR) is 115 cm³/mol. The van der Waals surface area contributed by atoms with Crippen LogP contribution in [0.15, 0.2) is 66.2 Å². The molecule has 3 aliphatic rings. The lowest BCUT2D eigenvalue weighted by atomic mass is 9.71. The van der Waals surface area contributed by atoms with Crippen molar-refractivity contribution in [1.29, 1.82) is 0 Å². The van der Waals surface area contributed by atoms with Gasteiger partial charge in [0, 0.05) is 11.3 Å². The third-order valence-electron chi connectivity index (χ3n) is 6.26. The van der Waals surface area contributed by atoms with E-state index in [-0.39, 0.29) is 17.9 Å². The highest BCUT2D eigenvalue weighted by molar-refractivity contribution is 6.54. The van der Waals surface area contributed by atoms with Crippen LogP contribution in [0.5, 0.6) is 0 Å². The maximum absolute atomic E-state index is 13.8. The van der Waals surface area contributed by atoms with Gasteiger partial charge in [-0.3, -0.25) is 14.5 Å². The molecule has 0 bridgehead atoms. The van der Waals surface area contributed by atoms with E-state index < -0.39 is 35.4 Å². The van der Waals surface area contributed by atoms with Gasteiger partial charge in [0.1, 0.15) is 5.76 Å².